The Balaban J connectivity index is 1.55. The summed E-state index contributed by atoms with van der Waals surface area (Å²) >= 11 is 0. The smallest absolute Gasteiger partial charge is 0.334 e. The zero-order valence-electron chi connectivity index (χ0n) is 12.9. The first-order valence-electron chi connectivity index (χ1n) is 7.86. The molecule has 2 atom stereocenters. The Morgan fingerprint density at radius 1 is 1.16 bits per heavy atom. The fourth-order valence-electron chi connectivity index (χ4n) is 3.22. The molecule has 25 heavy (non-hydrogen) atoms. The highest BCUT2D eigenvalue weighted by atomic mass is 19.4. The standard InChI is InChI=1S/C16H14F4N4O/c17-11-6-12(9-4-2-1-3-5-9)24-14(11)21-13(22-24)15(25)23-7-10(8-23)16(18,19)20/h1-5,10-12H,6-8H2/t11-,12-/m0/s1. The number of rotatable bonds is 2. The molecule has 9 heteroatoms. The Morgan fingerprint density at radius 2 is 1.84 bits per heavy atom. The van der Waals surface area contributed by atoms with Crippen molar-refractivity contribution in [2.75, 3.05) is 13.1 Å². The van der Waals surface area contributed by atoms with E-state index >= 15 is 0 Å². The molecule has 1 aromatic heterocycles. The number of likely N-dealkylation sites (tertiary alicyclic amines) is 1. The highest BCUT2D eigenvalue weighted by Crippen LogP contribution is 2.39. The maximum atomic E-state index is 14.2. The maximum absolute atomic E-state index is 14.2. The van der Waals surface area contributed by atoms with Crippen LogP contribution in [0.15, 0.2) is 30.3 Å². The molecule has 0 spiro atoms. The molecule has 132 valence electrons. The van der Waals surface area contributed by atoms with Gasteiger partial charge < -0.3 is 4.90 Å². The number of alkyl halides is 4. The molecule has 4 rings (SSSR count). The van der Waals surface area contributed by atoms with Crippen molar-refractivity contribution in [2.45, 2.75) is 24.8 Å². The van der Waals surface area contributed by atoms with E-state index in [9.17, 15) is 22.4 Å². The Bertz CT molecular complexity index is 798. The molecule has 2 aromatic rings. The van der Waals surface area contributed by atoms with Crippen LogP contribution in [0.25, 0.3) is 0 Å². The Labute approximate surface area is 140 Å². The number of nitrogens with zero attached hydrogens (tertiary/aromatic N) is 4. The van der Waals surface area contributed by atoms with E-state index in [1.165, 1.54) is 4.68 Å². The number of benzene rings is 1. The SMILES string of the molecule is O=C(c1nc2n(n1)[C@H](c1ccccc1)C[C@@H]2F)N1CC(C(F)(F)F)C1. The van der Waals surface area contributed by atoms with Gasteiger partial charge in [-0.2, -0.15) is 13.2 Å². The summed E-state index contributed by atoms with van der Waals surface area (Å²) in [5.74, 6) is -2.41. The van der Waals surface area contributed by atoms with Crippen molar-refractivity contribution < 1.29 is 22.4 Å². The van der Waals surface area contributed by atoms with Gasteiger partial charge in [0.1, 0.15) is 0 Å². The molecule has 3 heterocycles. The first-order chi connectivity index (χ1) is 11.8. The van der Waals surface area contributed by atoms with Gasteiger partial charge in [0.15, 0.2) is 12.0 Å². The zero-order chi connectivity index (χ0) is 17.8. The molecular formula is C16H14F4N4O. The number of halogens is 4. The molecule has 0 bridgehead atoms. The third-order valence-corrected chi connectivity index (χ3v) is 4.67. The normalized spacial score (nSPS) is 23.4. The summed E-state index contributed by atoms with van der Waals surface area (Å²) in [7, 11) is 0. The Hall–Kier alpha value is -2.45. The van der Waals surface area contributed by atoms with Crippen LogP contribution in [-0.2, 0) is 0 Å². The maximum Gasteiger partial charge on any atom is 0.395 e. The average molecular weight is 354 g/mol. The first kappa shape index (κ1) is 16.0. The number of carbonyl (C=O) groups excluding carboxylic acids is 1. The van der Waals surface area contributed by atoms with Crippen molar-refractivity contribution in [1.82, 2.24) is 19.7 Å². The van der Waals surface area contributed by atoms with Crippen molar-refractivity contribution >= 4 is 5.91 Å². The minimum atomic E-state index is -4.32. The molecule has 0 aliphatic carbocycles. The quantitative estimate of drug-likeness (QED) is 0.780. The molecule has 0 saturated carbocycles. The third-order valence-electron chi connectivity index (χ3n) is 4.67. The van der Waals surface area contributed by atoms with Crippen molar-refractivity contribution in [3.05, 3.63) is 47.5 Å². The van der Waals surface area contributed by atoms with Crippen LogP contribution in [0.4, 0.5) is 17.6 Å². The molecule has 0 radical (unpaired) electrons. The second-order valence-electron chi connectivity index (χ2n) is 6.32. The lowest BCUT2D eigenvalue weighted by atomic mass is 9.99. The summed E-state index contributed by atoms with van der Waals surface area (Å²) in [5.41, 5.74) is 0.842. The topological polar surface area (TPSA) is 51.0 Å². The van der Waals surface area contributed by atoms with E-state index < -0.39 is 37.3 Å². The van der Waals surface area contributed by atoms with Gasteiger partial charge in [0.05, 0.1) is 12.0 Å². The number of aromatic nitrogens is 3. The number of amides is 1. The summed E-state index contributed by atoms with van der Waals surface area (Å²) < 4.78 is 53.2. The van der Waals surface area contributed by atoms with Crippen LogP contribution in [0.3, 0.4) is 0 Å². The molecule has 1 aromatic carbocycles. The molecule has 2 aliphatic heterocycles. The summed E-state index contributed by atoms with van der Waals surface area (Å²) in [5, 5.41) is 4.08. The van der Waals surface area contributed by atoms with Gasteiger partial charge in [-0.25, -0.2) is 14.1 Å². The lowest BCUT2D eigenvalue weighted by Crippen LogP contribution is -2.55. The summed E-state index contributed by atoms with van der Waals surface area (Å²) in [6.45, 7) is -0.819. The van der Waals surface area contributed by atoms with Gasteiger partial charge >= 0.3 is 6.18 Å². The minimum Gasteiger partial charge on any atom is -0.334 e. The molecule has 0 unspecified atom stereocenters. The van der Waals surface area contributed by atoms with Gasteiger partial charge in [-0.1, -0.05) is 30.3 Å². The Morgan fingerprint density at radius 3 is 2.48 bits per heavy atom. The van der Waals surface area contributed by atoms with Gasteiger partial charge in [-0.05, 0) is 5.56 Å². The van der Waals surface area contributed by atoms with Crippen molar-refractivity contribution in [3.63, 3.8) is 0 Å². The van der Waals surface area contributed by atoms with Crippen LogP contribution in [-0.4, -0.2) is 44.8 Å². The van der Waals surface area contributed by atoms with Gasteiger partial charge in [0.2, 0.25) is 5.82 Å². The van der Waals surface area contributed by atoms with E-state index in [0.717, 1.165) is 10.5 Å². The molecular weight excluding hydrogens is 340 g/mol. The van der Waals surface area contributed by atoms with Crippen LogP contribution < -0.4 is 0 Å². The van der Waals surface area contributed by atoms with Gasteiger partial charge in [-0.15, -0.1) is 5.10 Å². The first-order valence-corrected chi connectivity index (χ1v) is 7.86. The monoisotopic (exact) mass is 354 g/mol. The van der Waals surface area contributed by atoms with Crippen LogP contribution in [0, 0.1) is 5.92 Å². The Kier molecular flexibility index (Phi) is 3.55. The van der Waals surface area contributed by atoms with Gasteiger partial charge in [0, 0.05) is 19.5 Å². The minimum absolute atomic E-state index is 0.0464. The van der Waals surface area contributed by atoms with E-state index in [1.54, 1.807) is 0 Å². The largest absolute Gasteiger partial charge is 0.395 e. The fraction of sp³-hybridized carbons (Fsp3) is 0.438. The summed E-state index contributed by atoms with van der Waals surface area (Å²) in [6.07, 6.45) is -5.51. The number of hydrogen-bond donors (Lipinski definition) is 0. The lowest BCUT2D eigenvalue weighted by molar-refractivity contribution is -0.202. The third kappa shape index (κ3) is 2.67. The van der Waals surface area contributed by atoms with E-state index in [-0.39, 0.29) is 24.1 Å². The lowest BCUT2D eigenvalue weighted by Gasteiger charge is -2.39. The van der Waals surface area contributed by atoms with Crippen molar-refractivity contribution in [1.29, 1.82) is 0 Å². The van der Waals surface area contributed by atoms with Crippen LogP contribution in [0.5, 0.6) is 0 Å². The van der Waals surface area contributed by atoms with Gasteiger partial charge in [-0.3, -0.25) is 4.79 Å². The predicted octanol–water partition coefficient (Wildman–Crippen LogP) is 2.92. The van der Waals surface area contributed by atoms with E-state index in [4.69, 9.17) is 0 Å². The molecule has 2 aliphatic rings. The van der Waals surface area contributed by atoms with E-state index in [2.05, 4.69) is 10.1 Å². The number of fused-ring (bicyclic) bond motifs is 1. The summed E-state index contributed by atoms with van der Waals surface area (Å²) in [6, 6.07) is 8.77. The predicted molar refractivity (Wildman–Crippen MR) is 78.5 cm³/mol. The second-order valence-corrected chi connectivity index (χ2v) is 6.32. The number of carbonyl (C=O) groups is 1. The van der Waals surface area contributed by atoms with Crippen LogP contribution in [0.2, 0.25) is 0 Å². The van der Waals surface area contributed by atoms with Crippen molar-refractivity contribution in [3.8, 4) is 0 Å². The molecule has 5 nitrogen and oxygen atoms in total. The molecule has 1 fully saturated rings. The molecule has 1 saturated heterocycles. The summed E-state index contributed by atoms with van der Waals surface area (Å²) in [4.78, 5) is 17.2. The fourth-order valence-corrected chi connectivity index (χ4v) is 3.22. The highest BCUT2D eigenvalue weighted by molar-refractivity contribution is 5.91. The zero-order valence-corrected chi connectivity index (χ0v) is 12.9. The van der Waals surface area contributed by atoms with Gasteiger partial charge in [0.25, 0.3) is 5.91 Å². The second kappa shape index (κ2) is 5.53. The van der Waals surface area contributed by atoms with Crippen LogP contribution >= 0.6 is 0 Å². The molecule has 0 N–H and O–H groups in total. The van der Waals surface area contributed by atoms with E-state index in [1.807, 2.05) is 30.3 Å². The van der Waals surface area contributed by atoms with Crippen LogP contribution in [0.1, 0.15) is 40.6 Å². The molecule has 1 amide bonds. The number of hydrogen-bond acceptors (Lipinski definition) is 3. The van der Waals surface area contributed by atoms with Crippen molar-refractivity contribution in [2.24, 2.45) is 5.92 Å². The average Bonchev–Trinajstić information content (AvgIpc) is 3.06. The van der Waals surface area contributed by atoms with E-state index in [0.29, 0.717) is 0 Å². The highest BCUT2D eigenvalue weighted by Gasteiger charge is 2.49.